The van der Waals surface area contributed by atoms with Crippen molar-refractivity contribution in [3.05, 3.63) is 16.1 Å². The molecule has 1 aromatic rings. The number of rotatable bonds is 5. The third-order valence-corrected chi connectivity index (χ3v) is 4.51. The highest BCUT2D eigenvalue weighted by Gasteiger charge is 2.33. The molecule has 1 aliphatic rings. The molecule has 130 valence electrons. The number of hydrogen-bond acceptors (Lipinski definition) is 4. The molecule has 1 fully saturated rings. The lowest BCUT2D eigenvalue weighted by molar-refractivity contribution is -0.140. The van der Waals surface area contributed by atoms with Crippen LogP contribution in [0.1, 0.15) is 43.3 Å². The van der Waals surface area contributed by atoms with E-state index in [1.807, 2.05) is 6.92 Å². The molecule has 0 bridgehead atoms. The summed E-state index contributed by atoms with van der Waals surface area (Å²) in [6, 6.07) is 0. The van der Waals surface area contributed by atoms with Gasteiger partial charge in [0.15, 0.2) is 11.7 Å². The fourth-order valence-electron chi connectivity index (χ4n) is 2.46. The molecule has 5 nitrogen and oxygen atoms in total. The number of halogens is 3. The largest absolute Gasteiger partial charge is 0.434 e. The summed E-state index contributed by atoms with van der Waals surface area (Å²) in [4.78, 5) is 7.78. The Kier molecular flexibility index (Phi) is 5.85. The summed E-state index contributed by atoms with van der Waals surface area (Å²) < 4.78 is 37.5. The van der Waals surface area contributed by atoms with Gasteiger partial charge in [-0.1, -0.05) is 12.8 Å². The van der Waals surface area contributed by atoms with Crippen molar-refractivity contribution in [2.24, 2.45) is 4.99 Å². The first-order valence-corrected chi connectivity index (χ1v) is 8.46. The van der Waals surface area contributed by atoms with Crippen molar-refractivity contribution in [3.63, 3.8) is 0 Å². The molecule has 0 atom stereocenters. The van der Waals surface area contributed by atoms with Crippen LogP contribution >= 0.6 is 11.3 Å². The molecular formula is C14H21F3N4OS. The maximum absolute atomic E-state index is 12.5. The summed E-state index contributed by atoms with van der Waals surface area (Å²) >= 11 is 0.936. The fraction of sp³-hybridized carbons (Fsp3) is 0.714. The van der Waals surface area contributed by atoms with Gasteiger partial charge in [-0.05, 0) is 19.8 Å². The average molecular weight is 350 g/mol. The maximum Gasteiger partial charge on any atom is 0.434 e. The predicted octanol–water partition coefficient (Wildman–Crippen LogP) is 2.52. The highest BCUT2D eigenvalue weighted by Crippen LogP contribution is 2.30. The van der Waals surface area contributed by atoms with Gasteiger partial charge in [0.25, 0.3) is 0 Å². The number of nitrogens with one attached hydrogen (secondary N) is 2. The highest BCUT2D eigenvalue weighted by molar-refractivity contribution is 7.09. The van der Waals surface area contributed by atoms with Crippen LogP contribution in [0, 0.1) is 0 Å². The van der Waals surface area contributed by atoms with Gasteiger partial charge in [-0.25, -0.2) is 9.98 Å². The summed E-state index contributed by atoms with van der Waals surface area (Å²) in [5, 5.41) is 17.7. The monoisotopic (exact) mass is 350 g/mol. The molecule has 0 aliphatic heterocycles. The van der Waals surface area contributed by atoms with Crippen molar-refractivity contribution in [3.8, 4) is 0 Å². The van der Waals surface area contributed by atoms with E-state index < -0.39 is 17.5 Å². The van der Waals surface area contributed by atoms with Crippen molar-refractivity contribution in [1.29, 1.82) is 0 Å². The fourth-order valence-corrected chi connectivity index (χ4v) is 3.18. The van der Waals surface area contributed by atoms with Crippen LogP contribution in [0.4, 0.5) is 13.2 Å². The Labute approximate surface area is 137 Å². The minimum Gasteiger partial charge on any atom is -0.388 e. The van der Waals surface area contributed by atoms with Crippen molar-refractivity contribution < 1.29 is 18.3 Å². The van der Waals surface area contributed by atoms with E-state index in [1.54, 1.807) is 0 Å². The molecular weight excluding hydrogens is 329 g/mol. The van der Waals surface area contributed by atoms with Crippen LogP contribution in [0.25, 0.3) is 0 Å². The van der Waals surface area contributed by atoms with Gasteiger partial charge in [-0.15, -0.1) is 11.3 Å². The molecule has 1 heterocycles. The molecule has 0 unspecified atom stereocenters. The Morgan fingerprint density at radius 1 is 1.39 bits per heavy atom. The van der Waals surface area contributed by atoms with Gasteiger partial charge in [0, 0.05) is 18.5 Å². The molecule has 23 heavy (non-hydrogen) atoms. The lowest BCUT2D eigenvalue weighted by Crippen LogP contribution is -2.46. The number of aliphatic imine (C=N–C) groups is 1. The molecule has 1 aromatic heterocycles. The van der Waals surface area contributed by atoms with E-state index in [0.717, 1.165) is 42.4 Å². The molecule has 1 saturated carbocycles. The first-order chi connectivity index (χ1) is 10.8. The van der Waals surface area contributed by atoms with Crippen LogP contribution in [0.15, 0.2) is 10.4 Å². The van der Waals surface area contributed by atoms with E-state index in [9.17, 15) is 18.3 Å². The number of hydrogen-bond donors (Lipinski definition) is 3. The minimum atomic E-state index is -4.42. The van der Waals surface area contributed by atoms with E-state index in [2.05, 4.69) is 20.6 Å². The average Bonchev–Trinajstić information content (AvgIpc) is 3.11. The Morgan fingerprint density at radius 2 is 2.09 bits per heavy atom. The van der Waals surface area contributed by atoms with Gasteiger partial charge in [-0.2, -0.15) is 13.2 Å². The summed E-state index contributed by atoms with van der Waals surface area (Å²) in [7, 11) is 0. The highest BCUT2D eigenvalue weighted by atomic mass is 32.1. The van der Waals surface area contributed by atoms with Gasteiger partial charge in [0.05, 0.1) is 12.1 Å². The van der Waals surface area contributed by atoms with E-state index in [1.165, 1.54) is 0 Å². The lowest BCUT2D eigenvalue weighted by atomic mass is 10.0. The Hall–Kier alpha value is -1.35. The summed E-state index contributed by atoms with van der Waals surface area (Å²) in [6.45, 7) is 2.96. The van der Waals surface area contributed by atoms with E-state index in [4.69, 9.17) is 0 Å². The summed E-state index contributed by atoms with van der Waals surface area (Å²) in [5.41, 5.74) is -1.60. The molecule has 0 radical (unpaired) electrons. The number of alkyl halides is 3. The summed E-state index contributed by atoms with van der Waals surface area (Å²) in [6.07, 6.45) is -0.912. The van der Waals surface area contributed by atoms with Gasteiger partial charge in [-0.3, -0.25) is 0 Å². The molecule has 0 spiro atoms. The quantitative estimate of drug-likeness (QED) is 0.564. The molecule has 3 N–H and O–H groups in total. The number of guanidine groups is 1. The SMILES string of the molecule is CCNC(=NCc1nc(C(F)(F)F)cs1)NCC1(O)CCCC1. The normalized spacial score (nSPS) is 18.2. The number of nitrogens with zero attached hydrogens (tertiary/aromatic N) is 2. The van der Waals surface area contributed by atoms with Crippen LogP contribution in [-0.2, 0) is 12.7 Å². The molecule has 0 amide bonds. The van der Waals surface area contributed by atoms with E-state index >= 15 is 0 Å². The zero-order valence-electron chi connectivity index (χ0n) is 12.9. The minimum absolute atomic E-state index is 0.0640. The molecule has 9 heteroatoms. The van der Waals surface area contributed by atoms with E-state index in [0.29, 0.717) is 24.1 Å². The molecule has 0 aromatic carbocycles. The van der Waals surface area contributed by atoms with Gasteiger partial charge >= 0.3 is 6.18 Å². The molecule has 2 rings (SSSR count). The van der Waals surface area contributed by atoms with Crippen LogP contribution in [0.3, 0.4) is 0 Å². The van der Waals surface area contributed by atoms with Gasteiger partial charge < -0.3 is 15.7 Å². The smallest absolute Gasteiger partial charge is 0.388 e. The Balaban J connectivity index is 1.94. The number of thiazole rings is 1. The zero-order chi connectivity index (χ0) is 16.9. The second-order valence-corrected chi connectivity index (χ2v) is 6.55. The predicted molar refractivity (Wildman–Crippen MR) is 83.4 cm³/mol. The number of aromatic nitrogens is 1. The topological polar surface area (TPSA) is 69.5 Å². The second-order valence-electron chi connectivity index (χ2n) is 5.60. The maximum atomic E-state index is 12.5. The Morgan fingerprint density at radius 3 is 2.65 bits per heavy atom. The van der Waals surface area contributed by atoms with Crippen LogP contribution in [-0.4, -0.2) is 34.7 Å². The first kappa shape index (κ1) is 18.0. The zero-order valence-corrected chi connectivity index (χ0v) is 13.7. The third-order valence-electron chi connectivity index (χ3n) is 3.68. The third kappa shape index (κ3) is 5.35. The van der Waals surface area contributed by atoms with Crippen molar-refractivity contribution in [2.75, 3.05) is 13.1 Å². The van der Waals surface area contributed by atoms with Crippen molar-refractivity contribution in [1.82, 2.24) is 15.6 Å². The molecule has 0 saturated heterocycles. The van der Waals surface area contributed by atoms with Crippen LogP contribution < -0.4 is 10.6 Å². The van der Waals surface area contributed by atoms with Gasteiger partial charge in [0.1, 0.15) is 5.01 Å². The van der Waals surface area contributed by atoms with Crippen LogP contribution in [0.2, 0.25) is 0 Å². The van der Waals surface area contributed by atoms with E-state index in [-0.39, 0.29) is 6.54 Å². The number of aliphatic hydroxyl groups is 1. The van der Waals surface area contributed by atoms with Crippen molar-refractivity contribution >= 4 is 17.3 Å². The Bertz CT molecular complexity index is 538. The lowest BCUT2D eigenvalue weighted by Gasteiger charge is -2.23. The molecule has 1 aliphatic carbocycles. The standard InChI is InChI=1S/C14H21F3N4OS/c1-2-18-12(20-9-13(22)5-3-4-6-13)19-7-11-21-10(8-23-11)14(15,16)17/h8,22H,2-7,9H2,1H3,(H2,18,19,20). The summed E-state index contributed by atoms with van der Waals surface area (Å²) in [5.74, 6) is 0.469. The van der Waals surface area contributed by atoms with Crippen LogP contribution in [0.5, 0.6) is 0 Å². The second kappa shape index (κ2) is 7.48. The first-order valence-electron chi connectivity index (χ1n) is 7.58. The van der Waals surface area contributed by atoms with Gasteiger partial charge in [0.2, 0.25) is 0 Å². The van der Waals surface area contributed by atoms with Crippen molar-refractivity contribution in [2.45, 2.75) is 50.9 Å².